The van der Waals surface area contributed by atoms with Crippen molar-refractivity contribution in [3.05, 3.63) is 65.7 Å². The van der Waals surface area contributed by atoms with Gasteiger partial charge in [-0.25, -0.2) is 0 Å². The number of likely N-dealkylation sites (tertiary alicyclic amines) is 1. The third-order valence-electron chi connectivity index (χ3n) is 6.70. The van der Waals surface area contributed by atoms with Gasteiger partial charge < -0.3 is 4.90 Å². The summed E-state index contributed by atoms with van der Waals surface area (Å²) in [6.07, 6.45) is 6.52. The van der Waals surface area contributed by atoms with E-state index in [1.807, 2.05) is 16.7 Å². The topological polar surface area (TPSA) is 39.2 Å². The first kappa shape index (κ1) is 21.5. The molecule has 3 aliphatic rings. The minimum absolute atomic E-state index is 0.164. The molecular weight excluding hydrogens is 416 g/mol. The van der Waals surface area contributed by atoms with E-state index in [9.17, 15) is 4.79 Å². The van der Waals surface area contributed by atoms with Gasteiger partial charge in [0.15, 0.2) is 0 Å². The van der Waals surface area contributed by atoms with Crippen LogP contribution < -0.4 is 4.90 Å². The fourth-order valence-corrected chi connectivity index (χ4v) is 5.80. The summed E-state index contributed by atoms with van der Waals surface area (Å²) >= 11 is 1.81. The molecular formula is C26H32N4OS. The third-order valence-corrected chi connectivity index (χ3v) is 7.72. The lowest BCUT2D eigenvalue weighted by Crippen LogP contribution is -2.32. The van der Waals surface area contributed by atoms with E-state index < -0.39 is 0 Å². The van der Waals surface area contributed by atoms with Gasteiger partial charge in [0.25, 0.3) is 0 Å². The third kappa shape index (κ3) is 5.18. The first-order chi connectivity index (χ1) is 15.7. The largest absolute Gasteiger partial charge is 0.310 e. The molecule has 32 heavy (non-hydrogen) atoms. The lowest BCUT2D eigenvalue weighted by atomic mass is 10.1. The molecule has 0 N–H and O–H groups in total. The number of hydrogen-bond acceptors (Lipinski definition) is 5. The van der Waals surface area contributed by atoms with E-state index >= 15 is 0 Å². The summed E-state index contributed by atoms with van der Waals surface area (Å²) in [4.78, 5) is 17.2. The first-order valence-electron chi connectivity index (χ1n) is 11.9. The van der Waals surface area contributed by atoms with E-state index in [-0.39, 0.29) is 11.9 Å². The monoisotopic (exact) mass is 448 g/mol. The van der Waals surface area contributed by atoms with E-state index in [1.54, 1.807) is 0 Å². The van der Waals surface area contributed by atoms with E-state index in [0.717, 1.165) is 37.5 Å². The Balaban J connectivity index is 1.16. The smallest absolute Gasteiger partial charge is 0.229 e. The summed E-state index contributed by atoms with van der Waals surface area (Å²) < 4.78 is 0. The molecule has 1 amide bonds. The molecule has 1 atom stereocenters. The van der Waals surface area contributed by atoms with E-state index in [2.05, 4.69) is 64.5 Å². The van der Waals surface area contributed by atoms with Crippen molar-refractivity contribution >= 4 is 28.4 Å². The first-order valence-corrected chi connectivity index (χ1v) is 12.9. The molecule has 0 aromatic heterocycles. The van der Waals surface area contributed by atoms with E-state index in [1.165, 1.54) is 48.5 Å². The maximum Gasteiger partial charge on any atom is 0.229 e. The number of thioether (sulfide) groups is 1. The zero-order chi connectivity index (χ0) is 21.8. The van der Waals surface area contributed by atoms with Crippen molar-refractivity contribution in [1.82, 2.24) is 9.91 Å². The Kier molecular flexibility index (Phi) is 6.79. The molecule has 2 aromatic carbocycles. The van der Waals surface area contributed by atoms with E-state index in [4.69, 9.17) is 5.10 Å². The van der Waals surface area contributed by atoms with Gasteiger partial charge in [-0.3, -0.25) is 14.7 Å². The Morgan fingerprint density at radius 2 is 1.69 bits per heavy atom. The fourth-order valence-electron chi connectivity index (χ4n) is 4.84. The van der Waals surface area contributed by atoms with Crippen molar-refractivity contribution in [1.29, 1.82) is 0 Å². The summed E-state index contributed by atoms with van der Waals surface area (Å²) in [5.41, 5.74) is 3.70. The molecule has 0 saturated carbocycles. The number of anilines is 1. The minimum atomic E-state index is 0.164. The van der Waals surface area contributed by atoms with Crippen LogP contribution in [0.25, 0.3) is 0 Å². The zero-order valence-corrected chi connectivity index (χ0v) is 19.5. The average Bonchev–Trinajstić information content (AvgIpc) is 3.46. The number of nitrogens with zero attached hydrogens (tertiary/aromatic N) is 4. The number of amides is 1. The second-order valence-corrected chi connectivity index (χ2v) is 10.1. The number of rotatable bonds is 7. The van der Waals surface area contributed by atoms with Gasteiger partial charge in [0.1, 0.15) is 0 Å². The number of hydrogen-bond donors (Lipinski definition) is 0. The molecule has 5 rings (SSSR count). The molecule has 0 radical (unpaired) electrons. The van der Waals surface area contributed by atoms with Crippen LogP contribution in [0.3, 0.4) is 0 Å². The second-order valence-electron chi connectivity index (χ2n) is 9.06. The van der Waals surface area contributed by atoms with Crippen LogP contribution in [0.2, 0.25) is 0 Å². The van der Waals surface area contributed by atoms with Crippen molar-refractivity contribution in [2.24, 2.45) is 5.10 Å². The van der Waals surface area contributed by atoms with Crippen LogP contribution in [0.1, 0.15) is 43.2 Å². The van der Waals surface area contributed by atoms with Gasteiger partial charge in [-0.1, -0.05) is 60.6 Å². The minimum Gasteiger partial charge on any atom is -0.310 e. The molecule has 3 aliphatic heterocycles. The molecule has 0 aliphatic carbocycles. The Bertz CT molecular complexity index is 940. The molecule has 2 saturated heterocycles. The van der Waals surface area contributed by atoms with Crippen molar-refractivity contribution in [3.8, 4) is 0 Å². The molecule has 1 unspecified atom stereocenters. The lowest BCUT2D eigenvalue weighted by molar-refractivity contribution is -0.117. The highest BCUT2D eigenvalue weighted by Crippen LogP contribution is 2.30. The Morgan fingerprint density at radius 3 is 2.47 bits per heavy atom. The summed E-state index contributed by atoms with van der Waals surface area (Å²) in [5, 5.41) is 8.17. The van der Waals surface area contributed by atoms with E-state index in [0.29, 0.717) is 6.42 Å². The standard InChI is InChI=1S/C26H32N4OS/c31-26-17-24(30-20-32-25(27-30)14-11-21-7-3-1-4-8-21)19-29(26)23-12-9-22(10-13-23)18-28-15-5-2-6-16-28/h1,3-4,7-10,12-13,24H,2,5-6,11,14-20H2. The predicted molar refractivity (Wildman–Crippen MR) is 133 cm³/mol. The highest BCUT2D eigenvalue weighted by atomic mass is 32.2. The van der Waals surface area contributed by atoms with Crippen molar-refractivity contribution in [2.75, 3.05) is 30.4 Å². The van der Waals surface area contributed by atoms with Gasteiger partial charge in [0.2, 0.25) is 5.91 Å². The number of piperidine rings is 1. The summed E-state index contributed by atoms with van der Waals surface area (Å²) in [7, 11) is 0. The Hall–Kier alpha value is -2.31. The number of benzene rings is 2. The van der Waals surface area contributed by atoms with Crippen LogP contribution in [-0.4, -0.2) is 52.4 Å². The second kappa shape index (κ2) is 10.1. The summed E-state index contributed by atoms with van der Waals surface area (Å²) in [6.45, 7) is 4.15. The maximum atomic E-state index is 12.8. The van der Waals surface area contributed by atoms with Crippen LogP contribution in [0.5, 0.6) is 0 Å². The summed E-state index contributed by atoms with van der Waals surface area (Å²) in [6, 6.07) is 19.3. The number of hydrazone groups is 1. The van der Waals surface area contributed by atoms with Gasteiger partial charge >= 0.3 is 0 Å². The van der Waals surface area contributed by atoms with Gasteiger partial charge in [-0.15, -0.1) is 0 Å². The van der Waals surface area contributed by atoms with Crippen LogP contribution >= 0.6 is 11.8 Å². The number of aryl methyl sites for hydroxylation is 1. The molecule has 168 valence electrons. The number of carbonyl (C=O) groups excluding carboxylic acids is 1. The molecule has 3 heterocycles. The van der Waals surface area contributed by atoms with Gasteiger partial charge in [-0.05, 0) is 55.6 Å². The van der Waals surface area contributed by atoms with Gasteiger partial charge in [0.05, 0.1) is 23.4 Å². The molecule has 0 spiro atoms. The quantitative estimate of drug-likeness (QED) is 0.614. The highest BCUT2D eigenvalue weighted by Gasteiger charge is 2.36. The SMILES string of the molecule is O=C1CC(N2CSC(CCc3ccccc3)=N2)CN1c1ccc(CN2CCCCC2)cc1. The average molecular weight is 449 g/mol. The van der Waals surface area contributed by atoms with Crippen LogP contribution in [0.4, 0.5) is 5.69 Å². The van der Waals surface area contributed by atoms with Gasteiger partial charge in [-0.2, -0.15) is 5.10 Å². The lowest BCUT2D eigenvalue weighted by Gasteiger charge is -2.26. The molecule has 2 fully saturated rings. The Morgan fingerprint density at radius 1 is 0.906 bits per heavy atom. The van der Waals surface area contributed by atoms with Crippen molar-refractivity contribution in [2.45, 2.75) is 51.1 Å². The fraction of sp³-hybridized carbons (Fsp3) is 0.462. The highest BCUT2D eigenvalue weighted by molar-refractivity contribution is 8.14. The Labute approximate surface area is 195 Å². The zero-order valence-electron chi connectivity index (χ0n) is 18.7. The molecule has 2 aromatic rings. The molecule has 0 bridgehead atoms. The molecule has 5 nitrogen and oxygen atoms in total. The van der Waals surface area contributed by atoms with Crippen molar-refractivity contribution in [3.63, 3.8) is 0 Å². The van der Waals surface area contributed by atoms with Crippen LogP contribution in [0.15, 0.2) is 59.7 Å². The molecule has 6 heteroatoms. The maximum absolute atomic E-state index is 12.8. The number of carbonyl (C=O) groups is 1. The normalized spacial score (nSPS) is 21.9. The van der Waals surface area contributed by atoms with Crippen molar-refractivity contribution < 1.29 is 4.79 Å². The van der Waals surface area contributed by atoms with Gasteiger partial charge in [0, 0.05) is 25.2 Å². The summed E-state index contributed by atoms with van der Waals surface area (Å²) in [5.74, 6) is 1.06. The van der Waals surface area contributed by atoms with Crippen LogP contribution in [0, 0.1) is 0 Å². The van der Waals surface area contributed by atoms with Crippen LogP contribution in [-0.2, 0) is 17.8 Å². The predicted octanol–water partition coefficient (Wildman–Crippen LogP) is 4.73.